The van der Waals surface area contributed by atoms with Gasteiger partial charge < -0.3 is 19.9 Å². The lowest BCUT2D eigenvalue weighted by atomic mass is 10.2. The highest BCUT2D eigenvalue weighted by Gasteiger charge is 2.21. The molecule has 2 amide bonds. The summed E-state index contributed by atoms with van der Waals surface area (Å²) in [5, 5.41) is 3.39. The molecule has 0 aromatic heterocycles. The lowest BCUT2D eigenvalue weighted by molar-refractivity contribution is 0.195. The standard InChI is InChI=1S/C15H20ClN3O2/c1-3-6-17-15(20)19-9-7-18(8-10-19)12-4-5-14(21-2)13(16)11-12/h3-5,11H,1,6-10H2,2H3,(H,17,20). The molecule has 1 aliphatic rings. The topological polar surface area (TPSA) is 44.8 Å². The van der Waals surface area contributed by atoms with Gasteiger partial charge in [-0.3, -0.25) is 0 Å². The van der Waals surface area contributed by atoms with Crippen molar-refractivity contribution >= 4 is 23.3 Å². The zero-order valence-electron chi connectivity index (χ0n) is 12.1. The Balaban J connectivity index is 1.93. The number of anilines is 1. The molecular weight excluding hydrogens is 290 g/mol. The third kappa shape index (κ3) is 3.82. The monoisotopic (exact) mass is 309 g/mol. The minimum atomic E-state index is -0.0395. The van der Waals surface area contributed by atoms with Crippen LogP contribution in [0.1, 0.15) is 0 Å². The summed E-state index contributed by atoms with van der Waals surface area (Å²) in [4.78, 5) is 15.9. The summed E-state index contributed by atoms with van der Waals surface area (Å²) in [5.41, 5.74) is 1.05. The summed E-state index contributed by atoms with van der Waals surface area (Å²) in [7, 11) is 1.60. The number of methoxy groups -OCH3 is 1. The molecular formula is C15H20ClN3O2. The molecule has 21 heavy (non-hydrogen) atoms. The maximum absolute atomic E-state index is 11.8. The number of carbonyl (C=O) groups excluding carboxylic acids is 1. The summed E-state index contributed by atoms with van der Waals surface area (Å²) in [6, 6.07) is 5.70. The van der Waals surface area contributed by atoms with Gasteiger partial charge >= 0.3 is 6.03 Å². The van der Waals surface area contributed by atoms with E-state index in [0.717, 1.165) is 18.8 Å². The van der Waals surface area contributed by atoms with Crippen LogP contribution in [-0.4, -0.2) is 50.8 Å². The number of benzene rings is 1. The van der Waals surface area contributed by atoms with Crippen LogP contribution in [0, 0.1) is 0 Å². The van der Waals surface area contributed by atoms with Gasteiger partial charge in [0.25, 0.3) is 0 Å². The van der Waals surface area contributed by atoms with Crippen molar-refractivity contribution in [1.29, 1.82) is 0 Å². The number of hydrogen-bond acceptors (Lipinski definition) is 3. The van der Waals surface area contributed by atoms with Gasteiger partial charge in [-0.1, -0.05) is 17.7 Å². The largest absolute Gasteiger partial charge is 0.495 e. The van der Waals surface area contributed by atoms with Gasteiger partial charge in [-0.25, -0.2) is 4.79 Å². The zero-order valence-corrected chi connectivity index (χ0v) is 12.9. The fraction of sp³-hybridized carbons (Fsp3) is 0.400. The highest BCUT2D eigenvalue weighted by atomic mass is 35.5. The highest BCUT2D eigenvalue weighted by Crippen LogP contribution is 2.29. The molecule has 1 fully saturated rings. The molecule has 6 heteroatoms. The minimum absolute atomic E-state index is 0.0395. The average Bonchev–Trinajstić information content (AvgIpc) is 2.52. The lowest BCUT2D eigenvalue weighted by Gasteiger charge is -2.36. The summed E-state index contributed by atoms with van der Waals surface area (Å²) in [6.07, 6.45) is 1.67. The molecule has 0 bridgehead atoms. The highest BCUT2D eigenvalue weighted by molar-refractivity contribution is 6.32. The normalized spacial score (nSPS) is 14.8. The quantitative estimate of drug-likeness (QED) is 0.869. The number of halogens is 1. The van der Waals surface area contributed by atoms with Crippen molar-refractivity contribution < 1.29 is 9.53 Å². The van der Waals surface area contributed by atoms with E-state index in [2.05, 4.69) is 16.8 Å². The molecule has 1 N–H and O–H groups in total. The zero-order chi connectivity index (χ0) is 15.2. The summed E-state index contributed by atoms with van der Waals surface area (Å²) >= 11 is 6.15. The molecule has 1 aliphatic heterocycles. The second-order valence-electron chi connectivity index (χ2n) is 4.77. The molecule has 1 saturated heterocycles. The first-order valence-electron chi connectivity index (χ1n) is 6.88. The number of ether oxygens (including phenoxy) is 1. The molecule has 5 nitrogen and oxygen atoms in total. The number of carbonyl (C=O) groups is 1. The van der Waals surface area contributed by atoms with E-state index < -0.39 is 0 Å². The molecule has 0 unspecified atom stereocenters. The molecule has 0 radical (unpaired) electrons. The van der Waals surface area contributed by atoms with Crippen LogP contribution in [-0.2, 0) is 0 Å². The molecule has 1 aromatic carbocycles. The second-order valence-corrected chi connectivity index (χ2v) is 5.17. The first-order valence-corrected chi connectivity index (χ1v) is 7.25. The molecule has 2 rings (SSSR count). The van der Waals surface area contributed by atoms with E-state index in [1.54, 1.807) is 13.2 Å². The van der Waals surface area contributed by atoms with E-state index in [0.29, 0.717) is 30.4 Å². The van der Waals surface area contributed by atoms with Crippen molar-refractivity contribution in [3.05, 3.63) is 35.9 Å². The van der Waals surface area contributed by atoms with Crippen molar-refractivity contribution in [2.45, 2.75) is 0 Å². The van der Waals surface area contributed by atoms with Crippen molar-refractivity contribution in [3.63, 3.8) is 0 Å². The van der Waals surface area contributed by atoms with Crippen molar-refractivity contribution in [2.24, 2.45) is 0 Å². The maximum Gasteiger partial charge on any atom is 0.317 e. The van der Waals surface area contributed by atoms with Crippen LogP contribution in [0.2, 0.25) is 5.02 Å². The maximum atomic E-state index is 11.8. The van der Waals surface area contributed by atoms with E-state index in [-0.39, 0.29) is 6.03 Å². The van der Waals surface area contributed by atoms with Gasteiger partial charge in [0.05, 0.1) is 12.1 Å². The van der Waals surface area contributed by atoms with Crippen LogP contribution in [0.5, 0.6) is 5.75 Å². The number of amides is 2. The van der Waals surface area contributed by atoms with Gasteiger partial charge in [-0.05, 0) is 18.2 Å². The van der Waals surface area contributed by atoms with Crippen molar-refractivity contribution in [2.75, 3.05) is 44.7 Å². The van der Waals surface area contributed by atoms with Crippen LogP contribution < -0.4 is 15.0 Å². The van der Waals surface area contributed by atoms with Gasteiger partial charge in [0.2, 0.25) is 0 Å². The third-order valence-corrected chi connectivity index (χ3v) is 3.76. The first kappa shape index (κ1) is 15.5. The average molecular weight is 310 g/mol. The smallest absolute Gasteiger partial charge is 0.317 e. The van der Waals surface area contributed by atoms with E-state index in [4.69, 9.17) is 16.3 Å². The number of nitrogens with zero attached hydrogens (tertiary/aromatic N) is 2. The Hall–Kier alpha value is -1.88. The number of nitrogens with one attached hydrogen (secondary N) is 1. The third-order valence-electron chi connectivity index (χ3n) is 3.47. The Morgan fingerprint density at radius 1 is 1.43 bits per heavy atom. The van der Waals surface area contributed by atoms with Gasteiger partial charge in [0, 0.05) is 38.4 Å². The molecule has 1 aromatic rings. The van der Waals surface area contributed by atoms with Crippen LogP contribution >= 0.6 is 11.6 Å². The van der Waals surface area contributed by atoms with Crippen LogP contribution in [0.25, 0.3) is 0 Å². The molecule has 0 spiro atoms. The molecule has 0 atom stereocenters. The summed E-state index contributed by atoms with van der Waals surface area (Å²) in [5.74, 6) is 0.669. The fourth-order valence-electron chi connectivity index (χ4n) is 2.29. The van der Waals surface area contributed by atoms with E-state index in [9.17, 15) is 4.79 Å². The van der Waals surface area contributed by atoms with E-state index >= 15 is 0 Å². The van der Waals surface area contributed by atoms with Crippen LogP contribution in [0.4, 0.5) is 10.5 Å². The Morgan fingerprint density at radius 3 is 2.71 bits per heavy atom. The predicted molar refractivity (Wildman–Crippen MR) is 85.4 cm³/mol. The Bertz CT molecular complexity index is 514. The number of piperazine rings is 1. The van der Waals surface area contributed by atoms with Crippen molar-refractivity contribution in [1.82, 2.24) is 10.2 Å². The van der Waals surface area contributed by atoms with Crippen LogP contribution in [0.15, 0.2) is 30.9 Å². The Labute approximate surface area is 130 Å². The fourth-order valence-corrected chi connectivity index (χ4v) is 2.54. The van der Waals surface area contributed by atoms with Gasteiger partial charge in [0.15, 0.2) is 0 Å². The lowest BCUT2D eigenvalue weighted by Crippen LogP contribution is -2.51. The number of urea groups is 1. The molecule has 1 heterocycles. The van der Waals surface area contributed by atoms with E-state index in [1.165, 1.54) is 0 Å². The summed E-state index contributed by atoms with van der Waals surface area (Å²) < 4.78 is 5.15. The van der Waals surface area contributed by atoms with Gasteiger partial charge in [-0.15, -0.1) is 6.58 Å². The molecule has 0 aliphatic carbocycles. The SMILES string of the molecule is C=CCNC(=O)N1CCN(c2ccc(OC)c(Cl)c2)CC1. The Morgan fingerprint density at radius 2 is 2.14 bits per heavy atom. The van der Waals surface area contributed by atoms with Crippen LogP contribution in [0.3, 0.4) is 0 Å². The predicted octanol–water partition coefficient (Wildman–Crippen LogP) is 2.37. The van der Waals surface area contributed by atoms with E-state index in [1.807, 2.05) is 23.1 Å². The van der Waals surface area contributed by atoms with Crippen molar-refractivity contribution in [3.8, 4) is 5.75 Å². The Kier molecular flexibility index (Phi) is 5.33. The van der Waals surface area contributed by atoms with Gasteiger partial charge in [-0.2, -0.15) is 0 Å². The minimum Gasteiger partial charge on any atom is -0.495 e. The number of hydrogen-bond donors (Lipinski definition) is 1. The molecule has 114 valence electrons. The number of rotatable bonds is 4. The van der Waals surface area contributed by atoms with Gasteiger partial charge in [0.1, 0.15) is 5.75 Å². The summed E-state index contributed by atoms with van der Waals surface area (Å²) in [6.45, 7) is 7.02. The second kappa shape index (κ2) is 7.22. The first-order chi connectivity index (χ1) is 10.2. The molecule has 0 saturated carbocycles.